The molecular weight excluding hydrogens is 240 g/mol. The summed E-state index contributed by atoms with van der Waals surface area (Å²) in [6.45, 7) is 2.47. The van der Waals surface area contributed by atoms with Gasteiger partial charge in [-0.25, -0.2) is 0 Å². The van der Waals surface area contributed by atoms with E-state index in [9.17, 15) is 4.79 Å². The van der Waals surface area contributed by atoms with Gasteiger partial charge in [0.25, 0.3) is 5.91 Å². The molecule has 5 heteroatoms. The van der Waals surface area contributed by atoms with Gasteiger partial charge < -0.3 is 11.1 Å². The molecule has 0 aliphatic heterocycles. The molecule has 0 saturated carbocycles. The number of carbonyl (C=O) groups excluding carboxylic acids is 1. The SMILES string of the molecule is CC(NC(=O)c1cnn(C)c1)c1ccc(CN)cc1. The van der Waals surface area contributed by atoms with Crippen molar-refractivity contribution in [1.29, 1.82) is 0 Å². The van der Waals surface area contributed by atoms with Crippen molar-refractivity contribution in [2.75, 3.05) is 0 Å². The monoisotopic (exact) mass is 258 g/mol. The van der Waals surface area contributed by atoms with Crippen molar-refractivity contribution >= 4 is 5.91 Å². The van der Waals surface area contributed by atoms with E-state index in [1.54, 1.807) is 24.1 Å². The zero-order valence-electron chi connectivity index (χ0n) is 11.1. The predicted molar refractivity (Wildman–Crippen MR) is 73.4 cm³/mol. The molecule has 0 fully saturated rings. The lowest BCUT2D eigenvalue weighted by molar-refractivity contribution is 0.0940. The molecule has 1 amide bonds. The maximum atomic E-state index is 12.0. The third-order valence-corrected chi connectivity index (χ3v) is 3.03. The molecule has 1 aromatic heterocycles. The highest BCUT2D eigenvalue weighted by Crippen LogP contribution is 2.14. The second-order valence-electron chi connectivity index (χ2n) is 4.54. The van der Waals surface area contributed by atoms with Gasteiger partial charge in [0.1, 0.15) is 0 Å². The van der Waals surface area contributed by atoms with Gasteiger partial charge in [-0.15, -0.1) is 0 Å². The summed E-state index contributed by atoms with van der Waals surface area (Å²) >= 11 is 0. The average molecular weight is 258 g/mol. The third-order valence-electron chi connectivity index (χ3n) is 3.03. The quantitative estimate of drug-likeness (QED) is 0.870. The number of aromatic nitrogens is 2. The molecule has 2 aromatic rings. The third kappa shape index (κ3) is 3.20. The lowest BCUT2D eigenvalue weighted by Gasteiger charge is -2.14. The van der Waals surface area contributed by atoms with E-state index in [2.05, 4.69) is 10.4 Å². The van der Waals surface area contributed by atoms with Crippen molar-refractivity contribution in [1.82, 2.24) is 15.1 Å². The Balaban J connectivity index is 2.03. The number of nitrogens with zero attached hydrogens (tertiary/aromatic N) is 2. The highest BCUT2D eigenvalue weighted by molar-refractivity contribution is 5.93. The minimum atomic E-state index is -0.122. The maximum absolute atomic E-state index is 12.0. The van der Waals surface area contributed by atoms with Crippen LogP contribution in [0.25, 0.3) is 0 Å². The molecule has 0 aliphatic rings. The Labute approximate surface area is 112 Å². The lowest BCUT2D eigenvalue weighted by Crippen LogP contribution is -2.26. The predicted octanol–water partition coefficient (Wildman–Crippen LogP) is 1.37. The molecule has 19 heavy (non-hydrogen) atoms. The van der Waals surface area contributed by atoms with Gasteiger partial charge in [0.05, 0.1) is 17.8 Å². The number of hydrogen-bond donors (Lipinski definition) is 2. The first kappa shape index (κ1) is 13.3. The number of hydrogen-bond acceptors (Lipinski definition) is 3. The molecule has 0 aliphatic carbocycles. The normalized spacial score (nSPS) is 12.2. The van der Waals surface area contributed by atoms with Crippen LogP contribution in [0, 0.1) is 0 Å². The number of carbonyl (C=O) groups is 1. The Morgan fingerprint density at radius 2 is 2.11 bits per heavy atom. The van der Waals surface area contributed by atoms with Gasteiger partial charge in [0.15, 0.2) is 0 Å². The van der Waals surface area contributed by atoms with Crippen molar-refractivity contribution in [2.24, 2.45) is 12.8 Å². The van der Waals surface area contributed by atoms with Gasteiger partial charge in [-0.05, 0) is 18.1 Å². The van der Waals surface area contributed by atoms with Crippen LogP contribution in [0.1, 0.15) is 34.5 Å². The highest BCUT2D eigenvalue weighted by atomic mass is 16.1. The second-order valence-corrected chi connectivity index (χ2v) is 4.54. The fourth-order valence-electron chi connectivity index (χ4n) is 1.84. The van der Waals surface area contributed by atoms with Gasteiger partial charge in [-0.3, -0.25) is 9.48 Å². The minimum absolute atomic E-state index is 0.0560. The van der Waals surface area contributed by atoms with Gasteiger partial charge in [-0.1, -0.05) is 24.3 Å². The number of rotatable bonds is 4. The van der Waals surface area contributed by atoms with Crippen LogP contribution in [0.2, 0.25) is 0 Å². The Bertz CT molecular complexity index is 559. The van der Waals surface area contributed by atoms with Crippen LogP contribution in [0.3, 0.4) is 0 Å². The van der Waals surface area contributed by atoms with Crippen LogP contribution < -0.4 is 11.1 Å². The fourth-order valence-corrected chi connectivity index (χ4v) is 1.84. The van der Waals surface area contributed by atoms with Gasteiger partial charge in [-0.2, -0.15) is 5.10 Å². The second kappa shape index (κ2) is 5.67. The van der Waals surface area contributed by atoms with E-state index in [1.807, 2.05) is 31.2 Å². The Morgan fingerprint density at radius 1 is 1.42 bits per heavy atom. The lowest BCUT2D eigenvalue weighted by atomic mass is 10.1. The molecule has 1 heterocycles. The summed E-state index contributed by atoms with van der Waals surface area (Å²) in [5.41, 5.74) is 8.25. The molecule has 3 N–H and O–H groups in total. The Kier molecular flexibility index (Phi) is 3.97. The highest BCUT2D eigenvalue weighted by Gasteiger charge is 2.12. The standard InChI is InChI=1S/C14H18N4O/c1-10(12-5-3-11(7-15)4-6-12)17-14(19)13-8-16-18(2)9-13/h3-6,8-10H,7,15H2,1-2H3,(H,17,19). The van der Waals surface area contributed by atoms with E-state index in [4.69, 9.17) is 5.73 Å². The summed E-state index contributed by atoms with van der Waals surface area (Å²) in [7, 11) is 1.78. The zero-order chi connectivity index (χ0) is 13.8. The number of amides is 1. The van der Waals surface area contributed by atoms with E-state index >= 15 is 0 Å². The number of nitrogens with two attached hydrogens (primary N) is 1. The minimum Gasteiger partial charge on any atom is -0.345 e. The summed E-state index contributed by atoms with van der Waals surface area (Å²) in [6, 6.07) is 7.86. The average Bonchev–Trinajstić information content (AvgIpc) is 2.85. The van der Waals surface area contributed by atoms with E-state index in [0.717, 1.165) is 11.1 Å². The summed E-state index contributed by atoms with van der Waals surface area (Å²) in [5.74, 6) is -0.122. The first-order chi connectivity index (χ1) is 9.10. The van der Waals surface area contributed by atoms with Gasteiger partial charge in [0.2, 0.25) is 0 Å². The molecule has 100 valence electrons. The summed E-state index contributed by atoms with van der Waals surface area (Å²) in [6.07, 6.45) is 3.25. The number of nitrogens with one attached hydrogen (secondary N) is 1. The summed E-state index contributed by atoms with van der Waals surface area (Å²) in [5, 5.41) is 6.92. The van der Waals surface area contributed by atoms with Crippen LogP contribution in [-0.4, -0.2) is 15.7 Å². The van der Waals surface area contributed by atoms with E-state index < -0.39 is 0 Å². The molecule has 0 spiro atoms. The molecule has 1 unspecified atom stereocenters. The Morgan fingerprint density at radius 3 is 2.63 bits per heavy atom. The van der Waals surface area contributed by atoms with Crippen LogP contribution in [-0.2, 0) is 13.6 Å². The van der Waals surface area contributed by atoms with Crippen LogP contribution >= 0.6 is 0 Å². The van der Waals surface area contributed by atoms with Crippen molar-refractivity contribution in [2.45, 2.75) is 19.5 Å². The summed E-state index contributed by atoms with van der Waals surface area (Å²) in [4.78, 5) is 12.0. The number of benzene rings is 1. The van der Waals surface area contributed by atoms with Crippen molar-refractivity contribution in [3.8, 4) is 0 Å². The van der Waals surface area contributed by atoms with E-state index in [1.165, 1.54) is 0 Å². The van der Waals surface area contributed by atoms with Gasteiger partial charge >= 0.3 is 0 Å². The first-order valence-corrected chi connectivity index (χ1v) is 6.18. The molecule has 0 saturated heterocycles. The molecule has 2 rings (SSSR count). The largest absolute Gasteiger partial charge is 0.345 e. The van der Waals surface area contributed by atoms with E-state index in [-0.39, 0.29) is 11.9 Å². The molecule has 1 atom stereocenters. The number of aryl methyl sites for hydroxylation is 1. The molecule has 0 bridgehead atoms. The molecule has 0 radical (unpaired) electrons. The van der Waals surface area contributed by atoms with Crippen LogP contribution in [0.15, 0.2) is 36.7 Å². The zero-order valence-corrected chi connectivity index (χ0v) is 11.1. The van der Waals surface area contributed by atoms with Crippen LogP contribution in [0.4, 0.5) is 0 Å². The van der Waals surface area contributed by atoms with Gasteiger partial charge in [0, 0.05) is 19.8 Å². The summed E-state index contributed by atoms with van der Waals surface area (Å²) < 4.78 is 1.61. The maximum Gasteiger partial charge on any atom is 0.254 e. The van der Waals surface area contributed by atoms with Crippen LogP contribution in [0.5, 0.6) is 0 Å². The Hall–Kier alpha value is -2.14. The van der Waals surface area contributed by atoms with Crippen molar-refractivity contribution in [3.63, 3.8) is 0 Å². The molecule has 1 aromatic carbocycles. The smallest absolute Gasteiger partial charge is 0.254 e. The molecular formula is C14H18N4O. The topological polar surface area (TPSA) is 72.9 Å². The molecule has 5 nitrogen and oxygen atoms in total. The fraction of sp³-hybridized carbons (Fsp3) is 0.286. The van der Waals surface area contributed by atoms with E-state index in [0.29, 0.717) is 12.1 Å². The van der Waals surface area contributed by atoms with Crippen molar-refractivity contribution in [3.05, 3.63) is 53.3 Å². The van der Waals surface area contributed by atoms with Crippen molar-refractivity contribution < 1.29 is 4.79 Å². The first-order valence-electron chi connectivity index (χ1n) is 6.18.